The molecule has 1 aliphatic heterocycles. The second-order valence-corrected chi connectivity index (χ2v) is 3.41. The minimum atomic E-state index is -0.640. The maximum absolute atomic E-state index is 9.94. The van der Waals surface area contributed by atoms with Crippen LogP contribution < -0.4 is 4.74 Å². The Morgan fingerprint density at radius 1 is 1.40 bits per heavy atom. The minimum absolute atomic E-state index is 0.262. The molecule has 1 aromatic carbocycles. The van der Waals surface area contributed by atoms with Crippen molar-refractivity contribution < 1.29 is 19.3 Å². The van der Waals surface area contributed by atoms with Crippen LogP contribution in [0, 0.1) is 0 Å². The van der Waals surface area contributed by atoms with E-state index in [2.05, 4.69) is 0 Å². The third-order valence-electron chi connectivity index (χ3n) is 2.46. The van der Waals surface area contributed by atoms with Crippen molar-refractivity contribution in [3.8, 4) is 5.75 Å². The van der Waals surface area contributed by atoms with Gasteiger partial charge in [-0.15, -0.1) is 0 Å². The number of methoxy groups -OCH3 is 1. The smallest absolute Gasteiger partial charge is 0.147 e. The van der Waals surface area contributed by atoms with Gasteiger partial charge in [-0.3, -0.25) is 0 Å². The quantitative estimate of drug-likeness (QED) is 0.811. The zero-order chi connectivity index (χ0) is 10.7. The van der Waals surface area contributed by atoms with Gasteiger partial charge in [-0.25, -0.2) is 0 Å². The van der Waals surface area contributed by atoms with E-state index in [9.17, 15) is 5.11 Å². The van der Waals surface area contributed by atoms with Gasteiger partial charge in [-0.1, -0.05) is 12.1 Å². The molecule has 1 aromatic rings. The van der Waals surface area contributed by atoms with Crippen LogP contribution in [0.5, 0.6) is 5.75 Å². The molecule has 82 valence electrons. The topological polar surface area (TPSA) is 47.9 Å². The molecule has 0 amide bonds. The van der Waals surface area contributed by atoms with E-state index in [0.29, 0.717) is 6.61 Å². The molecular formula is C11H14O4. The maximum atomic E-state index is 9.94. The first-order valence-corrected chi connectivity index (χ1v) is 4.82. The van der Waals surface area contributed by atoms with Crippen molar-refractivity contribution >= 4 is 0 Å². The molecule has 4 nitrogen and oxygen atoms in total. The molecule has 2 rings (SSSR count). The Labute approximate surface area is 88.4 Å². The minimum Gasteiger partial charge on any atom is -0.497 e. The zero-order valence-corrected chi connectivity index (χ0v) is 8.55. The van der Waals surface area contributed by atoms with Crippen molar-refractivity contribution in [2.75, 3.05) is 20.5 Å². The summed E-state index contributed by atoms with van der Waals surface area (Å²) >= 11 is 0. The summed E-state index contributed by atoms with van der Waals surface area (Å²) in [4.78, 5) is 0. The maximum Gasteiger partial charge on any atom is 0.147 e. The van der Waals surface area contributed by atoms with E-state index in [1.807, 2.05) is 24.3 Å². The lowest BCUT2D eigenvalue weighted by atomic mass is 10.1. The fraction of sp³-hybridized carbons (Fsp3) is 0.455. The monoisotopic (exact) mass is 210 g/mol. The molecule has 0 radical (unpaired) electrons. The average molecular weight is 210 g/mol. The molecular weight excluding hydrogens is 196 g/mol. The highest BCUT2D eigenvalue weighted by atomic mass is 16.7. The van der Waals surface area contributed by atoms with Crippen LogP contribution in [0.3, 0.4) is 0 Å². The molecule has 4 heteroatoms. The van der Waals surface area contributed by atoms with Gasteiger partial charge >= 0.3 is 0 Å². The van der Waals surface area contributed by atoms with Crippen molar-refractivity contribution in [1.29, 1.82) is 0 Å². The lowest BCUT2D eigenvalue weighted by molar-refractivity contribution is -0.0108. The Kier molecular flexibility index (Phi) is 3.20. The van der Waals surface area contributed by atoms with Gasteiger partial charge in [0, 0.05) is 0 Å². The molecule has 1 aliphatic rings. The van der Waals surface area contributed by atoms with Crippen LogP contribution >= 0.6 is 0 Å². The molecule has 0 aliphatic carbocycles. The third-order valence-corrected chi connectivity index (χ3v) is 2.46. The van der Waals surface area contributed by atoms with Gasteiger partial charge < -0.3 is 19.3 Å². The Bertz CT molecular complexity index is 303. The predicted octanol–water partition coefficient (Wildman–Crippen LogP) is 1.10. The largest absolute Gasteiger partial charge is 0.497 e. The predicted molar refractivity (Wildman–Crippen MR) is 53.6 cm³/mol. The summed E-state index contributed by atoms with van der Waals surface area (Å²) < 4.78 is 15.3. The summed E-state index contributed by atoms with van der Waals surface area (Å²) in [7, 11) is 1.61. The normalized spacial score (nSPS) is 22.7. The number of benzene rings is 1. The summed E-state index contributed by atoms with van der Waals surface area (Å²) in [5.41, 5.74) is 0.811. The molecule has 0 saturated carbocycles. The fourth-order valence-corrected chi connectivity index (χ4v) is 1.55. The SMILES string of the molecule is COc1ccc([C@@H](O)[C@H]2COCO2)cc1. The van der Waals surface area contributed by atoms with E-state index in [1.54, 1.807) is 7.11 Å². The zero-order valence-electron chi connectivity index (χ0n) is 8.55. The van der Waals surface area contributed by atoms with Crippen LogP contribution in [0.25, 0.3) is 0 Å². The molecule has 0 aromatic heterocycles. The van der Waals surface area contributed by atoms with E-state index in [-0.39, 0.29) is 12.9 Å². The van der Waals surface area contributed by atoms with Gasteiger partial charge in [-0.2, -0.15) is 0 Å². The first-order valence-electron chi connectivity index (χ1n) is 4.82. The van der Waals surface area contributed by atoms with Gasteiger partial charge in [-0.05, 0) is 17.7 Å². The molecule has 1 fully saturated rings. The molecule has 1 N–H and O–H groups in total. The number of aliphatic hydroxyl groups excluding tert-OH is 1. The van der Waals surface area contributed by atoms with E-state index in [1.165, 1.54) is 0 Å². The van der Waals surface area contributed by atoms with Crippen LogP contribution in [0.1, 0.15) is 11.7 Å². The standard InChI is InChI=1S/C11H14O4/c1-13-9-4-2-8(3-5-9)11(12)10-6-14-7-15-10/h2-5,10-12H,6-7H2,1H3/t10-,11-/m1/s1. The van der Waals surface area contributed by atoms with E-state index >= 15 is 0 Å². The lowest BCUT2D eigenvalue weighted by Gasteiger charge is -2.16. The number of ether oxygens (including phenoxy) is 3. The van der Waals surface area contributed by atoms with E-state index in [4.69, 9.17) is 14.2 Å². The molecule has 2 atom stereocenters. The average Bonchev–Trinajstić information content (AvgIpc) is 2.82. The summed E-state index contributed by atoms with van der Waals surface area (Å²) in [5.74, 6) is 0.773. The van der Waals surface area contributed by atoms with E-state index in [0.717, 1.165) is 11.3 Å². The van der Waals surface area contributed by atoms with Crippen molar-refractivity contribution in [1.82, 2.24) is 0 Å². The summed E-state index contributed by atoms with van der Waals surface area (Å²) in [5, 5.41) is 9.94. The summed E-state index contributed by atoms with van der Waals surface area (Å²) in [6.45, 7) is 0.699. The van der Waals surface area contributed by atoms with Crippen molar-refractivity contribution in [3.05, 3.63) is 29.8 Å². The molecule has 0 unspecified atom stereocenters. The number of aliphatic hydroxyl groups is 1. The van der Waals surface area contributed by atoms with Gasteiger partial charge in [0.05, 0.1) is 13.7 Å². The second kappa shape index (κ2) is 4.61. The second-order valence-electron chi connectivity index (χ2n) is 3.41. The van der Waals surface area contributed by atoms with Gasteiger partial charge in [0.1, 0.15) is 24.8 Å². The van der Waals surface area contributed by atoms with Crippen molar-refractivity contribution in [3.63, 3.8) is 0 Å². The van der Waals surface area contributed by atoms with E-state index < -0.39 is 6.10 Å². The first kappa shape index (κ1) is 10.4. The van der Waals surface area contributed by atoms with Gasteiger partial charge in [0.25, 0.3) is 0 Å². The highest BCUT2D eigenvalue weighted by molar-refractivity contribution is 5.28. The van der Waals surface area contributed by atoms with Crippen LogP contribution in [-0.2, 0) is 9.47 Å². The van der Waals surface area contributed by atoms with Crippen molar-refractivity contribution in [2.24, 2.45) is 0 Å². The van der Waals surface area contributed by atoms with Crippen LogP contribution in [0.15, 0.2) is 24.3 Å². The molecule has 15 heavy (non-hydrogen) atoms. The molecule has 1 heterocycles. The molecule has 0 bridgehead atoms. The highest BCUT2D eigenvalue weighted by Gasteiger charge is 2.25. The molecule has 0 spiro atoms. The van der Waals surface area contributed by atoms with Gasteiger partial charge in [0.15, 0.2) is 0 Å². The Morgan fingerprint density at radius 2 is 2.13 bits per heavy atom. The Morgan fingerprint density at radius 3 is 2.67 bits per heavy atom. The Balaban J connectivity index is 2.07. The first-order chi connectivity index (χ1) is 7.31. The van der Waals surface area contributed by atoms with Gasteiger partial charge in [0.2, 0.25) is 0 Å². The van der Waals surface area contributed by atoms with Crippen LogP contribution in [-0.4, -0.2) is 31.7 Å². The highest BCUT2D eigenvalue weighted by Crippen LogP contribution is 2.24. The third kappa shape index (κ3) is 2.28. The fourth-order valence-electron chi connectivity index (χ4n) is 1.55. The van der Waals surface area contributed by atoms with Crippen LogP contribution in [0.4, 0.5) is 0 Å². The van der Waals surface area contributed by atoms with Crippen molar-refractivity contribution in [2.45, 2.75) is 12.2 Å². The molecule has 1 saturated heterocycles. The van der Waals surface area contributed by atoms with Crippen LogP contribution in [0.2, 0.25) is 0 Å². The lowest BCUT2D eigenvalue weighted by Crippen LogP contribution is -2.20. The summed E-state index contributed by atoms with van der Waals surface area (Å²) in [6, 6.07) is 7.28. The summed E-state index contributed by atoms with van der Waals surface area (Å²) in [6.07, 6.45) is -0.906. The number of hydrogen-bond acceptors (Lipinski definition) is 4. The number of rotatable bonds is 3. The number of hydrogen-bond donors (Lipinski definition) is 1. The Hall–Kier alpha value is -1.10.